The van der Waals surface area contributed by atoms with E-state index in [2.05, 4.69) is 53.0 Å². The topological polar surface area (TPSA) is 79.6 Å². The molecule has 0 aliphatic heterocycles. The molecule has 0 aliphatic rings. The number of halogens is 2. The number of nitro groups is 1. The fourth-order valence-corrected chi connectivity index (χ4v) is 0.423. The Labute approximate surface area is 94.0 Å². The van der Waals surface area contributed by atoms with Gasteiger partial charge in [0.15, 0.2) is 5.03 Å². The van der Waals surface area contributed by atoms with E-state index in [1.807, 2.05) is 6.92 Å². The predicted octanol–water partition coefficient (Wildman–Crippen LogP) is 1.13. The van der Waals surface area contributed by atoms with Crippen molar-refractivity contribution in [3.63, 3.8) is 0 Å². The fourth-order valence-electron chi connectivity index (χ4n) is 0.423. The molecule has 0 bridgehead atoms. The van der Waals surface area contributed by atoms with E-state index >= 15 is 0 Å². The van der Waals surface area contributed by atoms with Crippen molar-refractivity contribution in [2.75, 3.05) is 13.6 Å². The van der Waals surface area contributed by atoms with E-state index in [1.54, 1.807) is 7.05 Å². The molecule has 12 heavy (non-hydrogen) atoms. The van der Waals surface area contributed by atoms with Crippen LogP contribution in [0.4, 0.5) is 0 Å². The van der Waals surface area contributed by atoms with Crippen LogP contribution >= 0.6 is 37.2 Å². The van der Waals surface area contributed by atoms with Crippen LogP contribution in [-0.4, -0.2) is 24.6 Å². The summed E-state index contributed by atoms with van der Waals surface area (Å²) in [5.74, 6) is 0.174. The standard InChI is InChI=1S/C4H10N4O2.I2/c1-3-6-4(5-2)7-8(9)10;1-2/h3H2,1-2H3,(H2,5,6,7);. The lowest BCUT2D eigenvalue weighted by Crippen LogP contribution is -2.35. The van der Waals surface area contributed by atoms with Gasteiger partial charge in [-0.2, -0.15) is 0 Å². The van der Waals surface area contributed by atoms with E-state index in [-0.39, 0.29) is 5.96 Å². The molecule has 0 saturated heterocycles. The first kappa shape index (κ1) is 14.6. The highest BCUT2D eigenvalue weighted by atomic mass is 128. The summed E-state index contributed by atoms with van der Waals surface area (Å²) in [6, 6.07) is 0. The van der Waals surface area contributed by atoms with Crippen LogP contribution in [0.15, 0.2) is 5.10 Å². The molecule has 0 fully saturated rings. The summed E-state index contributed by atoms with van der Waals surface area (Å²) in [7, 11) is 1.56. The van der Waals surface area contributed by atoms with Crippen LogP contribution in [0.25, 0.3) is 0 Å². The van der Waals surface area contributed by atoms with Crippen LogP contribution in [0.1, 0.15) is 6.92 Å². The van der Waals surface area contributed by atoms with Gasteiger partial charge in [0.2, 0.25) is 0 Å². The molecule has 0 heterocycles. The smallest absolute Gasteiger partial charge is 0.268 e. The van der Waals surface area contributed by atoms with Gasteiger partial charge < -0.3 is 10.6 Å². The molecule has 0 aromatic rings. The van der Waals surface area contributed by atoms with Gasteiger partial charge in [0, 0.05) is 50.8 Å². The lowest BCUT2D eigenvalue weighted by atomic mass is 10.7. The van der Waals surface area contributed by atoms with Gasteiger partial charge in [0.05, 0.1) is 0 Å². The van der Waals surface area contributed by atoms with Gasteiger partial charge in [0.1, 0.15) is 5.10 Å². The van der Waals surface area contributed by atoms with Crippen LogP contribution in [0.5, 0.6) is 0 Å². The van der Waals surface area contributed by atoms with Crippen molar-refractivity contribution in [2.24, 2.45) is 5.10 Å². The van der Waals surface area contributed by atoms with Gasteiger partial charge in [-0.1, -0.05) is 0 Å². The highest BCUT2D eigenvalue weighted by Crippen LogP contribution is 1.89. The molecule has 0 unspecified atom stereocenters. The van der Waals surface area contributed by atoms with E-state index in [0.29, 0.717) is 6.54 Å². The fraction of sp³-hybridized carbons (Fsp3) is 0.750. The molecule has 0 saturated carbocycles. The molecular formula is C4H10I2N4O2. The molecule has 0 aromatic carbocycles. The number of nitrogens with one attached hydrogen (secondary N) is 2. The van der Waals surface area contributed by atoms with Crippen LogP contribution in [0.3, 0.4) is 0 Å². The minimum atomic E-state index is -0.755. The Morgan fingerprint density at radius 1 is 1.67 bits per heavy atom. The van der Waals surface area contributed by atoms with Crippen molar-refractivity contribution in [1.82, 2.24) is 10.6 Å². The van der Waals surface area contributed by atoms with E-state index in [9.17, 15) is 10.1 Å². The van der Waals surface area contributed by atoms with Gasteiger partial charge in [-0.15, -0.1) is 0 Å². The molecule has 0 rings (SSSR count). The maximum absolute atomic E-state index is 9.78. The molecule has 0 atom stereocenters. The minimum absolute atomic E-state index is 0.174. The number of guanidine groups is 1. The maximum Gasteiger partial charge on any atom is 0.268 e. The predicted molar refractivity (Wildman–Crippen MR) is 65.2 cm³/mol. The normalized spacial score (nSPS) is 9.50. The Morgan fingerprint density at radius 3 is 2.42 bits per heavy atom. The van der Waals surface area contributed by atoms with Gasteiger partial charge in [0.25, 0.3) is 5.96 Å². The van der Waals surface area contributed by atoms with Crippen molar-refractivity contribution in [3.05, 3.63) is 10.1 Å². The highest BCUT2D eigenvalue weighted by Gasteiger charge is 1.97. The van der Waals surface area contributed by atoms with Crippen LogP contribution in [-0.2, 0) is 0 Å². The number of nitrogens with zero attached hydrogens (tertiary/aromatic N) is 2. The number of hydrazone groups is 1. The second kappa shape index (κ2) is 11.1. The first-order valence-electron chi connectivity index (χ1n) is 2.99. The molecule has 2 N–H and O–H groups in total. The first-order valence-corrected chi connectivity index (χ1v) is 9.28. The lowest BCUT2D eigenvalue weighted by molar-refractivity contribution is -0.485. The summed E-state index contributed by atoms with van der Waals surface area (Å²) in [4.78, 5) is 9.78. The average molecular weight is 400 g/mol. The molecule has 0 radical (unpaired) electrons. The zero-order chi connectivity index (χ0) is 9.98. The van der Waals surface area contributed by atoms with E-state index in [0.717, 1.165) is 0 Å². The Balaban J connectivity index is 0. The molecule has 8 heteroatoms. The summed E-state index contributed by atoms with van der Waals surface area (Å²) in [6.45, 7) is 2.43. The number of hydrogen-bond acceptors (Lipinski definition) is 2. The van der Waals surface area contributed by atoms with E-state index in [1.165, 1.54) is 0 Å². The summed E-state index contributed by atoms with van der Waals surface area (Å²) < 4.78 is 0. The van der Waals surface area contributed by atoms with Gasteiger partial charge in [-0.05, 0) is 6.92 Å². The van der Waals surface area contributed by atoms with Crippen molar-refractivity contribution in [3.8, 4) is 0 Å². The Kier molecular flexibility index (Phi) is 13.6. The summed E-state index contributed by atoms with van der Waals surface area (Å²) >= 11 is 4.24. The SMILES string of the molecule is CCN/C(=N/[N+](=O)[O-])NC.II. The third-order valence-corrected chi connectivity index (χ3v) is 0.763. The first-order chi connectivity index (χ1) is 5.70. The zero-order valence-electron chi connectivity index (χ0n) is 6.67. The van der Waals surface area contributed by atoms with Gasteiger partial charge >= 0.3 is 0 Å². The van der Waals surface area contributed by atoms with Crippen LogP contribution in [0.2, 0.25) is 0 Å². The van der Waals surface area contributed by atoms with Gasteiger partial charge in [-0.3, -0.25) is 0 Å². The molecule has 0 aromatic heterocycles. The quantitative estimate of drug-likeness (QED) is 0.240. The number of rotatable bonds is 2. The van der Waals surface area contributed by atoms with Crippen molar-refractivity contribution in [1.29, 1.82) is 0 Å². The van der Waals surface area contributed by atoms with Gasteiger partial charge in [-0.25, -0.2) is 10.1 Å². The Morgan fingerprint density at radius 2 is 2.17 bits per heavy atom. The lowest BCUT2D eigenvalue weighted by Gasteiger charge is -2.00. The summed E-state index contributed by atoms with van der Waals surface area (Å²) in [5.41, 5.74) is 0. The summed E-state index contributed by atoms with van der Waals surface area (Å²) in [5, 5.41) is 17.2. The Bertz CT molecular complexity index is 152. The second-order valence-electron chi connectivity index (χ2n) is 1.47. The largest absolute Gasteiger partial charge is 0.354 e. The minimum Gasteiger partial charge on any atom is -0.354 e. The molecule has 0 aliphatic carbocycles. The van der Waals surface area contributed by atoms with Crippen molar-refractivity contribution in [2.45, 2.75) is 6.92 Å². The third-order valence-electron chi connectivity index (χ3n) is 0.763. The Hall–Kier alpha value is 0.130. The average Bonchev–Trinajstić information content (AvgIpc) is 2.07. The van der Waals surface area contributed by atoms with E-state index < -0.39 is 5.03 Å². The monoisotopic (exact) mass is 400 g/mol. The maximum atomic E-state index is 9.78. The zero-order valence-corrected chi connectivity index (χ0v) is 11.0. The molecule has 0 spiro atoms. The number of hydrogen-bond donors (Lipinski definition) is 2. The molecule has 0 amide bonds. The van der Waals surface area contributed by atoms with E-state index in [4.69, 9.17) is 0 Å². The highest BCUT2D eigenvalue weighted by molar-refractivity contribution is 15.0. The third kappa shape index (κ3) is 10.1. The van der Waals surface area contributed by atoms with Crippen molar-refractivity contribution >= 4 is 43.2 Å². The molecular weight excluding hydrogens is 390 g/mol. The van der Waals surface area contributed by atoms with Crippen LogP contribution in [0, 0.1) is 10.1 Å². The van der Waals surface area contributed by atoms with Crippen LogP contribution < -0.4 is 10.6 Å². The molecule has 72 valence electrons. The second-order valence-corrected chi connectivity index (χ2v) is 1.47. The summed E-state index contributed by atoms with van der Waals surface area (Å²) in [6.07, 6.45) is 0. The van der Waals surface area contributed by atoms with Crippen molar-refractivity contribution < 1.29 is 5.03 Å². The molecule has 6 nitrogen and oxygen atoms in total.